The Hall–Kier alpha value is -0.940. The van der Waals surface area contributed by atoms with E-state index in [0.717, 1.165) is 18.6 Å². The molecule has 0 saturated carbocycles. The van der Waals surface area contributed by atoms with E-state index >= 15 is 0 Å². The minimum absolute atomic E-state index is 0.0561. The molecule has 0 fully saturated rings. The Morgan fingerprint density at radius 2 is 1.65 bits per heavy atom. The number of hydrogen-bond acceptors (Lipinski definition) is 4. The molecule has 0 heterocycles. The van der Waals surface area contributed by atoms with Crippen LogP contribution in [0.2, 0.25) is 0 Å². The van der Waals surface area contributed by atoms with E-state index in [1.807, 2.05) is 38.1 Å². The van der Waals surface area contributed by atoms with Gasteiger partial charge in [0.15, 0.2) is 0 Å². The summed E-state index contributed by atoms with van der Waals surface area (Å²) >= 11 is 0. The van der Waals surface area contributed by atoms with Gasteiger partial charge in [0.05, 0.1) is 19.0 Å². The molecule has 1 aromatic carbocycles. The van der Waals surface area contributed by atoms with Crippen molar-refractivity contribution in [3.8, 4) is 11.5 Å². The van der Waals surface area contributed by atoms with Crippen molar-refractivity contribution in [1.29, 1.82) is 0 Å². The van der Waals surface area contributed by atoms with E-state index in [9.17, 15) is 8.42 Å². The summed E-state index contributed by atoms with van der Waals surface area (Å²) in [5, 5.41) is 0. The van der Waals surface area contributed by atoms with Crippen molar-refractivity contribution in [1.82, 2.24) is 0 Å². The summed E-state index contributed by atoms with van der Waals surface area (Å²) in [5.74, 6) is 1.34. The van der Waals surface area contributed by atoms with E-state index in [1.165, 1.54) is 0 Å². The number of benzene rings is 1. The number of ether oxygens (including phenoxy) is 2. The summed E-state index contributed by atoms with van der Waals surface area (Å²) < 4.78 is 33.2. The summed E-state index contributed by atoms with van der Waals surface area (Å²) in [6.45, 7) is 4.89. The molecular formula is C14H21ClO4S. The highest BCUT2D eigenvalue weighted by Gasteiger charge is 2.17. The average Bonchev–Trinajstić information content (AvgIpc) is 2.36. The third-order valence-corrected chi connectivity index (χ3v) is 4.00. The Morgan fingerprint density at radius 3 is 2.10 bits per heavy atom. The third kappa shape index (κ3) is 7.01. The molecule has 0 amide bonds. The molecule has 20 heavy (non-hydrogen) atoms. The molecule has 0 spiro atoms. The topological polar surface area (TPSA) is 52.6 Å². The van der Waals surface area contributed by atoms with Crippen molar-refractivity contribution >= 4 is 19.7 Å². The Labute approximate surface area is 125 Å². The van der Waals surface area contributed by atoms with Crippen LogP contribution in [0, 0.1) is 5.92 Å². The predicted molar refractivity (Wildman–Crippen MR) is 81.1 cm³/mol. The smallest absolute Gasteiger partial charge is 0.232 e. The van der Waals surface area contributed by atoms with Gasteiger partial charge in [-0.15, -0.1) is 0 Å². The first kappa shape index (κ1) is 17.1. The molecule has 0 aliphatic rings. The summed E-state index contributed by atoms with van der Waals surface area (Å²) in [7, 11) is 1.81. The van der Waals surface area contributed by atoms with Crippen LogP contribution in [0.3, 0.4) is 0 Å². The SMILES string of the molecule is CCCC(COc1ccc(OCC)cc1)CS(=O)(=O)Cl. The first-order valence-corrected chi connectivity index (χ1v) is 9.20. The van der Waals surface area contributed by atoms with Crippen LogP contribution in [0.4, 0.5) is 0 Å². The Bertz CT molecular complexity index is 484. The largest absolute Gasteiger partial charge is 0.494 e. The second-order valence-corrected chi connectivity index (χ2v) is 7.40. The third-order valence-electron chi connectivity index (χ3n) is 2.75. The highest BCUT2D eigenvalue weighted by atomic mass is 35.7. The molecule has 0 aliphatic heterocycles. The Balaban J connectivity index is 2.53. The highest BCUT2D eigenvalue weighted by Crippen LogP contribution is 2.20. The monoisotopic (exact) mass is 320 g/mol. The quantitative estimate of drug-likeness (QED) is 0.654. The molecule has 6 heteroatoms. The van der Waals surface area contributed by atoms with Gasteiger partial charge in [0.25, 0.3) is 0 Å². The van der Waals surface area contributed by atoms with Gasteiger partial charge in [-0.25, -0.2) is 8.42 Å². The lowest BCUT2D eigenvalue weighted by Gasteiger charge is -2.15. The number of halogens is 1. The molecule has 1 atom stereocenters. The van der Waals surface area contributed by atoms with Gasteiger partial charge in [0.1, 0.15) is 11.5 Å². The van der Waals surface area contributed by atoms with Crippen molar-refractivity contribution in [3.05, 3.63) is 24.3 Å². The van der Waals surface area contributed by atoms with Crippen LogP contribution >= 0.6 is 10.7 Å². The second-order valence-electron chi connectivity index (χ2n) is 4.58. The first-order valence-electron chi connectivity index (χ1n) is 6.72. The molecule has 0 aliphatic carbocycles. The maximum atomic E-state index is 11.1. The number of rotatable bonds is 9. The lowest BCUT2D eigenvalue weighted by molar-refractivity contribution is 0.252. The van der Waals surface area contributed by atoms with Crippen LogP contribution in [0.25, 0.3) is 0 Å². The molecule has 0 saturated heterocycles. The van der Waals surface area contributed by atoms with Gasteiger partial charge < -0.3 is 9.47 Å². The Morgan fingerprint density at radius 1 is 1.10 bits per heavy atom. The van der Waals surface area contributed by atoms with Gasteiger partial charge in [-0.2, -0.15) is 0 Å². The fourth-order valence-corrected chi connectivity index (χ4v) is 3.28. The van der Waals surface area contributed by atoms with Crippen molar-refractivity contribution in [3.63, 3.8) is 0 Å². The normalized spacial score (nSPS) is 12.9. The van der Waals surface area contributed by atoms with Crippen molar-refractivity contribution in [2.45, 2.75) is 26.7 Å². The van der Waals surface area contributed by atoms with E-state index < -0.39 is 9.05 Å². The molecule has 4 nitrogen and oxygen atoms in total. The van der Waals surface area contributed by atoms with Crippen molar-refractivity contribution in [2.24, 2.45) is 5.92 Å². The Kier molecular flexibility index (Phi) is 7.16. The van der Waals surface area contributed by atoms with Crippen LogP contribution in [0.15, 0.2) is 24.3 Å². The minimum atomic E-state index is -3.49. The zero-order valence-electron chi connectivity index (χ0n) is 11.8. The fourth-order valence-electron chi connectivity index (χ4n) is 1.92. The second kappa shape index (κ2) is 8.37. The van der Waals surface area contributed by atoms with E-state index in [1.54, 1.807) is 0 Å². The molecule has 1 aromatic rings. The molecule has 0 N–H and O–H groups in total. The number of hydrogen-bond donors (Lipinski definition) is 0. The fraction of sp³-hybridized carbons (Fsp3) is 0.571. The molecule has 1 rings (SSSR count). The van der Waals surface area contributed by atoms with Gasteiger partial charge in [-0.05, 0) is 37.6 Å². The standard InChI is InChI=1S/C14H21ClO4S/c1-3-5-12(11-20(15,16)17)10-19-14-8-6-13(7-9-14)18-4-2/h6-9,12H,3-5,10-11H2,1-2H3. The maximum absolute atomic E-state index is 11.1. The molecule has 114 valence electrons. The van der Waals surface area contributed by atoms with Gasteiger partial charge in [0, 0.05) is 16.6 Å². The van der Waals surface area contributed by atoms with Gasteiger partial charge in [-0.3, -0.25) is 0 Å². The average molecular weight is 321 g/mol. The van der Waals surface area contributed by atoms with E-state index in [2.05, 4.69) is 0 Å². The van der Waals surface area contributed by atoms with Crippen LogP contribution in [-0.2, 0) is 9.05 Å². The zero-order valence-corrected chi connectivity index (χ0v) is 13.4. The highest BCUT2D eigenvalue weighted by molar-refractivity contribution is 8.13. The summed E-state index contributed by atoms with van der Waals surface area (Å²) in [4.78, 5) is 0. The minimum Gasteiger partial charge on any atom is -0.494 e. The summed E-state index contributed by atoms with van der Waals surface area (Å²) in [6.07, 6.45) is 1.66. The lowest BCUT2D eigenvalue weighted by atomic mass is 10.1. The maximum Gasteiger partial charge on any atom is 0.232 e. The van der Waals surface area contributed by atoms with Crippen molar-refractivity contribution < 1.29 is 17.9 Å². The van der Waals surface area contributed by atoms with Crippen LogP contribution in [-0.4, -0.2) is 27.4 Å². The molecule has 1 unspecified atom stereocenters. The molecular weight excluding hydrogens is 300 g/mol. The summed E-state index contributed by atoms with van der Waals surface area (Å²) in [6, 6.07) is 7.27. The van der Waals surface area contributed by atoms with Gasteiger partial charge in [-0.1, -0.05) is 13.3 Å². The van der Waals surface area contributed by atoms with Gasteiger partial charge >= 0.3 is 0 Å². The molecule has 0 radical (unpaired) electrons. The van der Waals surface area contributed by atoms with Gasteiger partial charge in [0.2, 0.25) is 9.05 Å². The van der Waals surface area contributed by atoms with Crippen molar-refractivity contribution in [2.75, 3.05) is 19.0 Å². The van der Waals surface area contributed by atoms with E-state index in [-0.39, 0.29) is 11.7 Å². The first-order chi connectivity index (χ1) is 9.44. The predicted octanol–water partition coefficient (Wildman–Crippen LogP) is 3.45. The zero-order chi connectivity index (χ0) is 15.0. The summed E-state index contributed by atoms with van der Waals surface area (Å²) in [5.41, 5.74) is 0. The van der Waals surface area contributed by atoms with Crippen LogP contribution in [0.5, 0.6) is 11.5 Å². The van der Waals surface area contributed by atoms with Crippen LogP contribution in [0.1, 0.15) is 26.7 Å². The molecule has 0 bridgehead atoms. The van der Waals surface area contributed by atoms with E-state index in [4.69, 9.17) is 20.2 Å². The van der Waals surface area contributed by atoms with Crippen LogP contribution < -0.4 is 9.47 Å². The lowest BCUT2D eigenvalue weighted by Crippen LogP contribution is -2.19. The molecule has 0 aromatic heterocycles. The van der Waals surface area contributed by atoms with E-state index in [0.29, 0.717) is 19.0 Å².